The van der Waals surface area contributed by atoms with Gasteiger partial charge in [-0.15, -0.1) is 0 Å². The Bertz CT molecular complexity index is 293. The van der Waals surface area contributed by atoms with Crippen LogP contribution >= 0.6 is 0 Å². The van der Waals surface area contributed by atoms with Crippen molar-refractivity contribution in [1.82, 2.24) is 10.2 Å². The van der Waals surface area contributed by atoms with Gasteiger partial charge in [0.2, 0.25) is 5.91 Å². The molecule has 0 saturated heterocycles. The molecular formula is C15H31N3O2. The van der Waals surface area contributed by atoms with E-state index in [4.69, 9.17) is 10.5 Å². The third kappa shape index (κ3) is 6.20. The third-order valence-corrected chi connectivity index (χ3v) is 4.05. The fourth-order valence-electron chi connectivity index (χ4n) is 2.61. The molecule has 0 aliphatic heterocycles. The highest BCUT2D eigenvalue weighted by Gasteiger charge is 2.32. The summed E-state index contributed by atoms with van der Waals surface area (Å²) >= 11 is 0. The molecule has 3 N–H and O–H groups in total. The molecule has 1 aliphatic rings. The van der Waals surface area contributed by atoms with Crippen LogP contribution in [-0.2, 0) is 9.53 Å². The van der Waals surface area contributed by atoms with Crippen molar-refractivity contribution in [1.29, 1.82) is 0 Å². The number of primary amides is 1. The zero-order valence-corrected chi connectivity index (χ0v) is 13.4. The molecule has 0 heterocycles. The SMILES string of the molecule is COCCN(CCC(NC(C)C)C(N)=O)C(C)C1CC1. The van der Waals surface area contributed by atoms with Gasteiger partial charge in [-0.2, -0.15) is 0 Å². The summed E-state index contributed by atoms with van der Waals surface area (Å²) in [6.45, 7) is 8.88. The summed E-state index contributed by atoms with van der Waals surface area (Å²) in [6.07, 6.45) is 3.41. The first kappa shape index (κ1) is 17.4. The molecule has 0 radical (unpaired) electrons. The lowest BCUT2D eigenvalue weighted by atomic mass is 10.1. The van der Waals surface area contributed by atoms with E-state index >= 15 is 0 Å². The number of nitrogens with two attached hydrogens (primary N) is 1. The second-order valence-corrected chi connectivity index (χ2v) is 6.17. The van der Waals surface area contributed by atoms with E-state index in [1.54, 1.807) is 7.11 Å². The number of carbonyl (C=O) groups excluding carboxylic acids is 1. The minimum atomic E-state index is -0.260. The maximum absolute atomic E-state index is 11.5. The molecule has 0 spiro atoms. The van der Waals surface area contributed by atoms with Crippen molar-refractivity contribution >= 4 is 5.91 Å². The molecule has 5 heteroatoms. The van der Waals surface area contributed by atoms with Crippen LogP contribution in [0.2, 0.25) is 0 Å². The number of carbonyl (C=O) groups is 1. The molecule has 1 aliphatic carbocycles. The van der Waals surface area contributed by atoms with E-state index in [1.807, 2.05) is 13.8 Å². The van der Waals surface area contributed by atoms with Gasteiger partial charge in [-0.1, -0.05) is 13.8 Å². The van der Waals surface area contributed by atoms with E-state index < -0.39 is 0 Å². The topological polar surface area (TPSA) is 67.6 Å². The van der Waals surface area contributed by atoms with Gasteiger partial charge in [0, 0.05) is 32.3 Å². The average Bonchev–Trinajstić information content (AvgIpc) is 3.20. The molecule has 118 valence electrons. The Balaban J connectivity index is 2.47. The first-order valence-electron chi connectivity index (χ1n) is 7.74. The largest absolute Gasteiger partial charge is 0.383 e. The summed E-state index contributed by atoms with van der Waals surface area (Å²) < 4.78 is 5.19. The second-order valence-electron chi connectivity index (χ2n) is 6.17. The van der Waals surface area contributed by atoms with Gasteiger partial charge in [-0.05, 0) is 32.1 Å². The maximum atomic E-state index is 11.5. The summed E-state index contributed by atoms with van der Waals surface area (Å²) in [5.41, 5.74) is 5.47. The van der Waals surface area contributed by atoms with Gasteiger partial charge in [0.1, 0.15) is 0 Å². The van der Waals surface area contributed by atoms with Crippen LogP contribution in [0.5, 0.6) is 0 Å². The summed E-state index contributed by atoms with van der Waals surface area (Å²) in [6, 6.07) is 0.588. The normalized spacial score (nSPS) is 18.5. The van der Waals surface area contributed by atoms with Crippen LogP contribution in [0.1, 0.15) is 40.0 Å². The Morgan fingerprint density at radius 1 is 1.35 bits per heavy atom. The smallest absolute Gasteiger partial charge is 0.234 e. The highest BCUT2D eigenvalue weighted by molar-refractivity contribution is 5.79. The third-order valence-electron chi connectivity index (χ3n) is 4.05. The van der Waals surface area contributed by atoms with E-state index in [-0.39, 0.29) is 18.0 Å². The van der Waals surface area contributed by atoms with Crippen LogP contribution in [0, 0.1) is 5.92 Å². The van der Waals surface area contributed by atoms with Gasteiger partial charge < -0.3 is 15.8 Å². The molecule has 1 saturated carbocycles. The zero-order valence-electron chi connectivity index (χ0n) is 13.4. The molecule has 0 aromatic carbocycles. The molecule has 5 nitrogen and oxygen atoms in total. The van der Waals surface area contributed by atoms with E-state index in [0.29, 0.717) is 6.04 Å². The molecule has 1 fully saturated rings. The van der Waals surface area contributed by atoms with Crippen molar-refractivity contribution in [2.24, 2.45) is 11.7 Å². The van der Waals surface area contributed by atoms with E-state index in [1.165, 1.54) is 12.8 Å². The number of nitrogens with zero attached hydrogens (tertiary/aromatic N) is 1. The maximum Gasteiger partial charge on any atom is 0.234 e. The highest BCUT2D eigenvalue weighted by Crippen LogP contribution is 2.35. The number of methoxy groups -OCH3 is 1. The van der Waals surface area contributed by atoms with Gasteiger partial charge in [-0.25, -0.2) is 0 Å². The Hall–Kier alpha value is -0.650. The Morgan fingerprint density at radius 3 is 2.45 bits per heavy atom. The quantitative estimate of drug-likeness (QED) is 0.594. The van der Waals surface area contributed by atoms with E-state index in [2.05, 4.69) is 17.1 Å². The fourth-order valence-corrected chi connectivity index (χ4v) is 2.61. The van der Waals surface area contributed by atoms with Crippen LogP contribution in [0.3, 0.4) is 0 Å². The lowest BCUT2D eigenvalue weighted by molar-refractivity contribution is -0.120. The van der Waals surface area contributed by atoms with Crippen molar-refractivity contribution in [2.75, 3.05) is 26.8 Å². The van der Waals surface area contributed by atoms with Crippen LogP contribution in [-0.4, -0.2) is 55.7 Å². The Kier molecular flexibility index (Phi) is 7.48. The number of ether oxygens (including phenoxy) is 1. The van der Waals surface area contributed by atoms with Crippen LogP contribution in [0.15, 0.2) is 0 Å². The zero-order chi connectivity index (χ0) is 15.1. The van der Waals surface area contributed by atoms with E-state index in [9.17, 15) is 4.79 Å². The number of hydrogen-bond acceptors (Lipinski definition) is 4. The van der Waals surface area contributed by atoms with Crippen LogP contribution < -0.4 is 11.1 Å². The minimum absolute atomic E-state index is 0.244. The van der Waals surface area contributed by atoms with Gasteiger partial charge in [0.15, 0.2) is 0 Å². The molecule has 1 amide bonds. The number of hydrogen-bond donors (Lipinski definition) is 2. The number of amides is 1. The Labute approximate surface area is 123 Å². The lowest BCUT2D eigenvalue weighted by Crippen LogP contribution is -2.47. The van der Waals surface area contributed by atoms with Crippen molar-refractivity contribution in [2.45, 2.75) is 58.2 Å². The van der Waals surface area contributed by atoms with Gasteiger partial charge >= 0.3 is 0 Å². The van der Waals surface area contributed by atoms with Crippen LogP contribution in [0.4, 0.5) is 0 Å². The first-order chi connectivity index (χ1) is 9.45. The number of nitrogens with one attached hydrogen (secondary N) is 1. The molecule has 2 atom stereocenters. The van der Waals surface area contributed by atoms with E-state index in [0.717, 1.165) is 32.0 Å². The summed E-state index contributed by atoms with van der Waals surface area (Å²) in [5, 5.41) is 3.24. The fraction of sp³-hybridized carbons (Fsp3) is 0.933. The number of rotatable bonds is 11. The standard InChI is InChI=1S/C15H31N3O2/c1-11(2)17-14(15(16)19)7-8-18(9-10-20-4)12(3)13-5-6-13/h11-14,17H,5-10H2,1-4H3,(H2,16,19). The second kappa shape index (κ2) is 8.60. The van der Waals surface area contributed by atoms with Crippen molar-refractivity contribution < 1.29 is 9.53 Å². The summed E-state index contributed by atoms with van der Waals surface area (Å²) in [4.78, 5) is 13.9. The Morgan fingerprint density at radius 2 is 2.00 bits per heavy atom. The lowest BCUT2D eigenvalue weighted by Gasteiger charge is -2.30. The van der Waals surface area contributed by atoms with Gasteiger partial charge in [0.05, 0.1) is 12.6 Å². The average molecular weight is 285 g/mol. The summed E-state index contributed by atoms with van der Waals surface area (Å²) in [7, 11) is 1.73. The van der Waals surface area contributed by atoms with Crippen molar-refractivity contribution in [3.05, 3.63) is 0 Å². The minimum Gasteiger partial charge on any atom is -0.383 e. The molecule has 0 aromatic heterocycles. The molecule has 1 rings (SSSR count). The molecule has 0 aromatic rings. The highest BCUT2D eigenvalue weighted by atomic mass is 16.5. The van der Waals surface area contributed by atoms with Gasteiger partial charge in [0.25, 0.3) is 0 Å². The molecule has 2 unspecified atom stereocenters. The van der Waals surface area contributed by atoms with Crippen molar-refractivity contribution in [3.8, 4) is 0 Å². The molecular weight excluding hydrogens is 254 g/mol. The molecule has 0 bridgehead atoms. The molecule has 20 heavy (non-hydrogen) atoms. The summed E-state index contributed by atoms with van der Waals surface area (Å²) in [5.74, 6) is 0.557. The predicted octanol–water partition coefficient (Wildman–Crippen LogP) is 0.975. The van der Waals surface area contributed by atoms with Gasteiger partial charge in [-0.3, -0.25) is 9.69 Å². The predicted molar refractivity (Wildman–Crippen MR) is 81.5 cm³/mol. The van der Waals surface area contributed by atoms with Crippen molar-refractivity contribution in [3.63, 3.8) is 0 Å². The van der Waals surface area contributed by atoms with Crippen LogP contribution in [0.25, 0.3) is 0 Å². The first-order valence-corrected chi connectivity index (χ1v) is 7.74. The monoisotopic (exact) mass is 285 g/mol.